The topological polar surface area (TPSA) is 110 Å². The molecule has 2 heterocycles. The first kappa shape index (κ1) is 19.9. The summed E-state index contributed by atoms with van der Waals surface area (Å²) < 4.78 is 0. The van der Waals surface area contributed by atoms with E-state index in [0.717, 1.165) is 17.0 Å². The van der Waals surface area contributed by atoms with Crippen molar-refractivity contribution in [3.8, 4) is 0 Å². The Labute approximate surface area is 170 Å². The molecule has 0 spiro atoms. The van der Waals surface area contributed by atoms with Crippen molar-refractivity contribution in [3.05, 3.63) is 52.5 Å². The van der Waals surface area contributed by atoms with Gasteiger partial charge in [-0.2, -0.15) is 0 Å². The molecule has 0 saturated carbocycles. The predicted molar refractivity (Wildman–Crippen MR) is 110 cm³/mol. The highest BCUT2D eigenvalue weighted by Crippen LogP contribution is 2.18. The summed E-state index contributed by atoms with van der Waals surface area (Å²) in [5.74, 6) is 0.0744. The van der Waals surface area contributed by atoms with E-state index in [0.29, 0.717) is 21.5 Å². The van der Waals surface area contributed by atoms with Crippen LogP contribution in [0.4, 0.5) is 10.9 Å². The third-order valence-corrected chi connectivity index (χ3v) is 5.47. The molecule has 144 valence electrons. The molecule has 1 aromatic carbocycles. The van der Waals surface area contributed by atoms with Crippen LogP contribution >= 0.6 is 23.1 Å². The molecule has 0 aliphatic carbocycles. The molecule has 2 aromatic heterocycles. The number of amides is 2. The van der Waals surface area contributed by atoms with E-state index < -0.39 is 0 Å². The number of hydrogen-bond donors (Lipinski definition) is 2. The molecule has 0 saturated heterocycles. The average molecular weight is 415 g/mol. The molecule has 0 bridgehead atoms. The molecule has 0 aliphatic heterocycles. The van der Waals surface area contributed by atoms with Crippen molar-refractivity contribution in [2.24, 2.45) is 0 Å². The van der Waals surface area contributed by atoms with Gasteiger partial charge in [-0.1, -0.05) is 47.7 Å². The van der Waals surface area contributed by atoms with Gasteiger partial charge in [0.05, 0.1) is 5.75 Å². The predicted octanol–water partition coefficient (Wildman–Crippen LogP) is 3.18. The number of rotatable bonds is 7. The van der Waals surface area contributed by atoms with Crippen LogP contribution in [0.2, 0.25) is 0 Å². The number of aryl methyl sites for hydroxylation is 2. The molecule has 8 nitrogen and oxygen atoms in total. The second kappa shape index (κ2) is 9.38. The summed E-state index contributed by atoms with van der Waals surface area (Å²) in [6.07, 6.45) is 0.782. The number of hydrogen-bond acceptors (Lipinski definition) is 8. The third kappa shape index (κ3) is 5.57. The van der Waals surface area contributed by atoms with Crippen molar-refractivity contribution in [3.63, 3.8) is 0 Å². The molecule has 0 atom stereocenters. The van der Waals surface area contributed by atoms with Crippen LogP contribution in [-0.4, -0.2) is 38.0 Å². The van der Waals surface area contributed by atoms with E-state index in [9.17, 15) is 9.59 Å². The fourth-order valence-corrected chi connectivity index (χ4v) is 3.41. The van der Waals surface area contributed by atoms with Crippen LogP contribution in [0.25, 0.3) is 0 Å². The molecule has 3 aromatic rings. The van der Waals surface area contributed by atoms with Gasteiger partial charge in [-0.3, -0.25) is 14.9 Å². The highest BCUT2D eigenvalue weighted by atomic mass is 32.2. The minimum Gasteiger partial charge on any atom is -0.305 e. The van der Waals surface area contributed by atoms with Gasteiger partial charge in [0.1, 0.15) is 10.0 Å². The Morgan fingerprint density at radius 2 is 1.79 bits per heavy atom. The standard InChI is InChI=1S/C18H18N6O2S2/c1-3-15-22-24-18(28-15)20-14(25)10-27-16-9-8-13(21-23-16)19-17(26)12-6-4-11(2)5-7-12/h4-9H,3,10H2,1-2H3,(H,19,21,26)(H,20,24,25). The van der Waals surface area contributed by atoms with Crippen LogP contribution in [0.3, 0.4) is 0 Å². The van der Waals surface area contributed by atoms with Gasteiger partial charge in [-0.25, -0.2) is 0 Å². The fraction of sp³-hybridized carbons (Fsp3) is 0.222. The number of anilines is 2. The summed E-state index contributed by atoms with van der Waals surface area (Å²) in [5.41, 5.74) is 1.63. The number of thioether (sulfide) groups is 1. The quantitative estimate of drug-likeness (QED) is 0.571. The smallest absolute Gasteiger partial charge is 0.256 e. The van der Waals surface area contributed by atoms with Crippen molar-refractivity contribution in [2.75, 3.05) is 16.4 Å². The lowest BCUT2D eigenvalue weighted by atomic mass is 10.1. The van der Waals surface area contributed by atoms with Gasteiger partial charge in [0, 0.05) is 5.56 Å². The summed E-state index contributed by atoms with van der Waals surface area (Å²) in [5, 5.41) is 23.2. The van der Waals surface area contributed by atoms with Crippen molar-refractivity contribution in [2.45, 2.75) is 25.3 Å². The number of nitrogens with zero attached hydrogens (tertiary/aromatic N) is 4. The van der Waals surface area contributed by atoms with E-state index in [1.165, 1.54) is 23.1 Å². The lowest BCUT2D eigenvalue weighted by Gasteiger charge is -2.05. The maximum absolute atomic E-state index is 12.2. The fourth-order valence-electron chi connectivity index (χ4n) is 2.10. The molecule has 0 unspecified atom stereocenters. The Kier molecular flexibility index (Phi) is 6.66. The summed E-state index contributed by atoms with van der Waals surface area (Å²) in [7, 11) is 0. The van der Waals surface area contributed by atoms with Gasteiger partial charge >= 0.3 is 0 Å². The van der Waals surface area contributed by atoms with Crippen LogP contribution in [0.15, 0.2) is 41.4 Å². The first-order valence-electron chi connectivity index (χ1n) is 8.50. The molecular formula is C18H18N6O2S2. The average Bonchev–Trinajstić information content (AvgIpc) is 3.15. The van der Waals surface area contributed by atoms with Gasteiger partial charge in [0.25, 0.3) is 5.91 Å². The van der Waals surface area contributed by atoms with E-state index in [4.69, 9.17) is 0 Å². The molecule has 28 heavy (non-hydrogen) atoms. The molecule has 0 radical (unpaired) electrons. The number of nitrogens with one attached hydrogen (secondary N) is 2. The van der Waals surface area contributed by atoms with Gasteiger partial charge in [0.2, 0.25) is 11.0 Å². The van der Waals surface area contributed by atoms with Crippen LogP contribution in [0.1, 0.15) is 27.9 Å². The van der Waals surface area contributed by atoms with Crippen LogP contribution < -0.4 is 10.6 Å². The summed E-state index contributed by atoms with van der Waals surface area (Å²) in [6.45, 7) is 3.94. The van der Waals surface area contributed by atoms with Crippen molar-refractivity contribution in [1.29, 1.82) is 0 Å². The maximum atomic E-state index is 12.2. The second-order valence-corrected chi connectivity index (χ2v) is 7.83. The van der Waals surface area contributed by atoms with Crippen LogP contribution in [-0.2, 0) is 11.2 Å². The van der Waals surface area contributed by atoms with Gasteiger partial charge < -0.3 is 5.32 Å². The zero-order valence-electron chi connectivity index (χ0n) is 15.3. The van der Waals surface area contributed by atoms with Gasteiger partial charge in [-0.05, 0) is 37.6 Å². The van der Waals surface area contributed by atoms with Crippen LogP contribution in [0.5, 0.6) is 0 Å². The molecule has 0 fully saturated rings. The summed E-state index contributed by atoms with van der Waals surface area (Å²) in [4.78, 5) is 24.2. The normalized spacial score (nSPS) is 10.5. The zero-order valence-corrected chi connectivity index (χ0v) is 16.9. The lowest BCUT2D eigenvalue weighted by Crippen LogP contribution is -2.14. The van der Waals surface area contributed by atoms with E-state index in [1.54, 1.807) is 24.3 Å². The Hall–Kier alpha value is -2.85. The van der Waals surface area contributed by atoms with E-state index in [2.05, 4.69) is 31.0 Å². The molecule has 2 amide bonds. The molecule has 2 N–H and O–H groups in total. The largest absolute Gasteiger partial charge is 0.305 e. The highest BCUT2D eigenvalue weighted by molar-refractivity contribution is 7.99. The molecular weight excluding hydrogens is 396 g/mol. The molecule has 10 heteroatoms. The maximum Gasteiger partial charge on any atom is 0.256 e. The zero-order chi connectivity index (χ0) is 19.9. The Balaban J connectivity index is 1.49. The molecule has 0 aliphatic rings. The summed E-state index contributed by atoms with van der Waals surface area (Å²) >= 11 is 2.60. The number of carbonyl (C=O) groups is 2. The van der Waals surface area contributed by atoms with E-state index in [1.807, 2.05) is 26.0 Å². The Morgan fingerprint density at radius 1 is 1.00 bits per heavy atom. The number of aromatic nitrogens is 4. The molecule has 3 rings (SSSR count). The first-order valence-corrected chi connectivity index (χ1v) is 10.3. The highest BCUT2D eigenvalue weighted by Gasteiger charge is 2.10. The SMILES string of the molecule is CCc1nnc(NC(=O)CSc2ccc(NC(=O)c3ccc(C)cc3)nn2)s1. The summed E-state index contributed by atoms with van der Waals surface area (Å²) in [6, 6.07) is 10.6. The second-order valence-electron chi connectivity index (χ2n) is 5.77. The third-order valence-electron chi connectivity index (χ3n) is 3.56. The van der Waals surface area contributed by atoms with Crippen molar-refractivity contribution in [1.82, 2.24) is 20.4 Å². The van der Waals surface area contributed by atoms with Crippen LogP contribution in [0, 0.1) is 6.92 Å². The minimum atomic E-state index is -0.252. The monoisotopic (exact) mass is 414 g/mol. The van der Waals surface area contributed by atoms with Crippen molar-refractivity contribution >= 4 is 45.9 Å². The lowest BCUT2D eigenvalue weighted by molar-refractivity contribution is -0.113. The number of carbonyl (C=O) groups excluding carboxylic acids is 2. The van der Waals surface area contributed by atoms with Gasteiger partial charge in [-0.15, -0.1) is 20.4 Å². The van der Waals surface area contributed by atoms with Crippen molar-refractivity contribution < 1.29 is 9.59 Å². The van der Waals surface area contributed by atoms with E-state index >= 15 is 0 Å². The van der Waals surface area contributed by atoms with E-state index in [-0.39, 0.29) is 17.6 Å². The Bertz CT molecular complexity index is 957. The first-order chi connectivity index (χ1) is 13.5. The van der Waals surface area contributed by atoms with Gasteiger partial charge in [0.15, 0.2) is 5.82 Å². The number of benzene rings is 1. The Morgan fingerprint density at radius 3 is 2.43 bits per heavy atom. The minimum absolute atomic E-state index is 0.171.